The first-order valence-corrected chi connectivity index (χ1v) is 5.20. The first-order chi connectivity index (χ1) is 6.84. The van der Waals surface area contributed by atoms with Gasteiger partial charge >= 0.3 is 0 Å². The summed E-state index contributed by atoms with van der Waals surface area (Å²) in [5.41, 5.74) is 2.04. The van der Waals surface area contributed by atoms with Crippen molar-refractivity contribution in [3.63, 3.8) is 0 Å². The Morgan fingerprint density at radius 3 is 2.93 bits per heavy atom. The SMILES string of the molecule is Clc1cc2c(cn1)ncn2C1CCC1. The number of hydrogen-bond acceptors (Lipinski definition) is 2. The van der Waals surface area contributed by atoms with Gasteiger partial charge in [-0.1, -0.05) is 11.6 Å². The molecule has 4 heteroatoms. The van der Waals surface area contributed by atoms with Crippen molar-refractivity contribution in [1.82, 2.24) is 14.5 Å². The van der Waals surface area contributed by atoms with Gasteiger partial charge in [0, 0.05) is 12.1 Å². The van der Waals surface area contributed by atoms with Gasteiger partial charge in [-0.2, -0.15) is 0 Å². The number of fused-ring (bicyclic) bond motifs is 1. The number of rotatable bonds is 1. The van der Waals surface area contributed by atoms with E-state index in [1.807, 2.05) is 12.4 Å². The molecule has 0 bridgehead atoms. The van der Waals surface area contributed by atoms with Crippen molar-refractivity contribution in [3.8, 4) is 0 Å². The third-order valence-corrected chi connectivity index (χ3v) is 3.10. The first kappa shape index (κ1) is 8.24. The van der Waals surface area contributed by atoms with E-state index >= 15 is 0 Å². The molecule has 0 aromatic carbocycles. The second-order valence-corrected chi connectivity index (χ2v) is 4.12. The normalized spacial score (nSPS) is 17.2. The third-order valence-electron chi connectivity index (χ3n) is 2.90. The summed E-state index contributed by atoms with van der Waals surface area (Å²) in [5, 5.41) is 0.540. The summed E-state index contributed by atoms with van der Waals surface area (Å²) >= 11 is 5.86. The monoisotopic (exact) mass is 207 g/mol. The lowest BCUT2D eigenvalue weighted by Gasteiger charge is -2.27. The van der Waals surface area contributed by atoms with Crippen LogP contribution in [0.25, 0.3) is 11.0 Å². The predicted molar refractivity (Wildman–Crippen MR) is 55.4 cm³/mol. The molecule has 1 aliphatic rings. The van der Waals surface area contributed by atoms with Crippen LogP contribution >= 0.6 is 11.6 Å². The maximum Gasteiger partial charge on any atom is 0.131 e. The average molecular weight is 208 g/mol. The lowest BCUT2D eigenvalue weighted by atomic mass is 9.93. The summed E-state index contributed by atoms with van der Waals surface area (Å²) < 4.78 is 2.21. The molecule has 2 aromatic rings. The number of imidazole rings is 1. The molecule has 14 heavy (non-hydrogen) atoms. The Morgan fingerprint density at radius 2 is 2.21 bits per heavy atom. The van der Waals surface area contributed by atoms with Crippen molar-refractivity contribution in [3.05, 3.63) is 23.7 Å². The first-order valence-electron chi connectivity index (χ1n) is 4.83. The Labute approximate surface area is 86.7 Å². The van der Waals surface area contributed by atoms with Crippen molar-refractivity contribution < 1.29 is 0 Å². The Bertz CT molecular complexity index is 473. The van der Waals surface area contributed by atoms with E-state index in [1.165, 1.54) is 19.3 Å². The van der Waals surface area contributed by atoms with Gasteiger partial charge in [0.1, 0.15) is 10.7 Å². The Kier molecular flexibility index (Phi) is 1.74. The van der Waals surface area contributed by atoms with Crippen LogP contribution in [0.1, 0.15) is 25.3 Å². The molecule has 0 saturated heterocycles. The number of halogens is 1. The molecular formula is C10H10ClN3. The fraction of sp³-hybridized carbons (Fsp3) is 0.400. The van der Waals surface area contributed by atoms with Crippen LogP contribution in [-0.2, 0) is 0 Å². The Hall–Kier alpha value is -1.09. The number of hydrogen-bond donors (Lipinski definition) is 0. The number of nitrogens with zero attached hydrogens (tertiary/aromatic N) is 3. The molecule has 2 heterocycles. The highest BCUT2D eigenvalue weighted by Gasteiger charge is 2.20. The molecule has 3 nitrogen and oxygen atoms in total. The highest BCUT2D eigenvalue weighted by molar-refractivity contribution is 6.29. The maximum atomic E-state index is 5.86. The van der Waals surface area contributed by atoms with Crippen LogP contribution < -0.4 is 0 Å². The van der Waals surface area contributed by atoms with Crippen molar-refractivity contribution in [2.24, 2.45) is 0 Å². The molecule has 1 fully saturated rings. The average Bonchev–Trinajstić information content (AvgIpc) is 2.46. The number of aromatic nitrogens is 3. The second-order valence-electron chi connectivity index (χ2n) is 3.73. The van der Waals surface area contributed by atoms with Crippen LogP contribution in [0.3, 0.4) is 0 Å². The van der Waals surface area contributed by atoms with E-state index in [0.29, 0.717) is 11.2 Å². The van der Waals surface area contributed by atoms with Gasteiger partial charge in [-0.05, 0) is 19.3 Å². The molecule has 0 amide bonds. The minimum Gasteiger partial charge on any atom is -0.327 e. The van der Waals surface area contributed by atoms with E-state index in [4.69, 9.17) is 11.6 Å². The van der Waals surface area contributed by atoms with Crippen LogP contribution in [-0.4, -0.2) is 14.5 Å². The third kappa shape index (κ3) is 1.12. The van der Waals surface area contributed by atoms with Crippen LogP contribution in [0.15, 0.2) is 18.6 Å². The Morgan fingerprint density at radius 1 is 1.36 bits per heavy atom. The van der Waals surface area contributed by atoms with Crippen LogP contribution in [0.2, 0.25) is 5.15 Å². The molecule has 0 atom stereocenters. The molecule has 2 aromatic heterocycles. The highest BCUT2D eigenvalue weighted by Crippen LogP contribution is 2.33. The van der Waals surface area contributed by atoms with E-state index in [9.17, 15) is 0 Å². The maximum absolute atomic E-state index is 5.86. The summed E-state index contributed by atoms with van der Waals surface area (Å²) in [4.78, 5) is 8.32. The fourth-order valence-electron chi connectivity index (χ4n) is 1.86. The molecule has 1 saturated carbocycles. The lowest BCUT2D eigenvalue weighted by molar-refractivity contribution is 0.320. The second kappa shape index (κ2) is 2.95. The molecule has 1 aliphatic carbocycles. The van der Waals surface area contributed by atoms with E-state index in [2.05, 4.69) is 14.5 Å². The molecule has 0 aliphatic heterocycles. The summed E-state index contributed by atoms with van der Waals surface area (Å²) in [6.45, 7) is 0. The van der Waals surface area contributed by atoms with Crippen molar-refractivity contribution in [2.75, 3.05) is 0 Å². The predicted octanol–water partition coefficient (Wildman–Crippen LogP) is 2.81. The zero-order valence-corrected chi connectivity index (χ0v) is 8.41. The summed E-state index contributed by atoms with van der Waals surface area (Å²) in [7, 11) is 0. The number of pyridine rings is 1. The summed E-state index contributed by atoms with van der Waals surface area (Å²) in [6.07, 6.45) is 7.46. The standard InChI is InChI=1S/C10H10ClN3/c11-10-4-9-8(5-12-10)13-6-14(9)7-2-1-3-7/h4-7H,1-3H2. The van der Waals surface area contributed by atoms with E-state index < -0.39 is 0 Å². The minimum atomic E-state index is 0.540. The van der Waals surface area contributed by atoms with Gasteiger partial charge < -0.3 is 4.57 Å². The molecule has 72 valence electrons. The van der Waals surface area contributed by atoms with Gasteiger partial charge in [0.2, 0.25) is 0 Å². The van der Waals surface area contributed by atoms with Crippen LogP contribution in [0.5, 0.6) is 0 Å². The quantitative estimate of drug-likeness (QED) is 0.674. The topological polar surface area (TPSA) is 30.7 Å². The zero-order chi connectivity index (χ0) is 9.54. The van der Waals surface area contributed by atoms with E-state index in [-0.39, 0.29) is 0 Å². The van der Waals surface area contributed by atoms with Crippen molar-refractivity contribution in [1.29, 1.82) is 0 Å². The summed E-state index contributed by atoms with van der Waals surface area (Å²) in [5.74, 6) is 0. The van der Waals surface area contributed by atoms with Gasteiger partial charge in [0.15, 0.2) is 0 Å². The van der Waals surface area contributed by atoms with Gasteiger partial charge in [0.05, 0.1) is 18.0 Å². The van der Waals surface area contributed by atoms with Crippen molar-refractivity contribution in [2.45, 2.75) is 25.3 Å². The lowest BCUT2D eigenvalue weighted by Crippen LogP contribution is -2.15. The van der Waals surface area contributed by atoms with Crippen LogP contribution in [0.4, 0.5) is 0 Å². The van der Waals surface area contributed by atoms with E-state index in [1.54, 1.807) is 6.20 Å². The minimum absolute atomic E-state index is 0.540. The molecule has 0 spiro atoms. The highest BCUT2D eigenvalue weighted by atomic mass is 35.5. The fourth-order valence-corrected chi connectivity index (χ4v) is 2.01. The molecule has 0 unspecified atom stereocenters. The Balaban J connectivity index is 2.18. The molecule has 0 N–H and O–H groups in total. The van der Waals surface area contributed by atoms with Crippen LogP contribution in [0, 0.1) is 0 Å². The zero-order valence-electron chi connectivity index (χ0n) is 7.65. The van der Waals surface area contributed by atoms with E-state index in [0.717, 1.165) is 11.0 Å². The van der Waals surface area contributed by atoms with Gasteiger partial charge in [-0.15, -0.1) is 0 Å². The molecule has 3 rings (SSSR count). The smallest absolute Gasteiger partial charge is 0.131 e. The molecular weight excluding hydrogens is 198 g/mol. The largest absolute Gasteiger partial charge is 0.327 e. The van der Waals surface area contributed by atoms with Gasteiger partial charge in [-0.3, -0.25) is 0 Å². The van der Waals surface area contributed by atoms with Crippen molar-refractivity contribution >= 4 is 22.6 Å². The van der Waals surface area contributed by atoms with Gasteiger partial charge in [-0.25, -0.2) is 9.97 Å². The molecule has 0 radical (unpaired) electrons. The van der Waals surface area contributed by atoms with Gasteiger partial charge in [0.25, 0.3) is 0 Å². The summed E-state index contributed by atoms with van der Waals surface area (Å²) in [6, 6.07) is 2.51.